The maximum Gasteiger partial charge on any atom is 0.329 e. The van der Waals surface area contributed by atoms with Crippen molar-refractivity contribution in [1.82, 2.24) is 10.2 Å². The zero-order chi connectivity index (χ0) is 21.0. The molecule has 0 saturated carbocycles. The third-order valence-electron chi connectivity index (χ3n) is 5.35. The van der Waals surface area contributed by atoms with E-state index in [-0.39, 0.29) is 11.1 Å². The number of hydrogen-bond donors (Lipinski definition) is 1. The van der Waals surface area contributed by atoms with E-state index in [1.54, 1.807) is 24.3 Å². The Morgan fingerprint density at radius 2 is 1.76 bits per heavy atom. The molecule has 1 aliphatic heterocycles. The quantitative estimate of drug-likeness (QED) is 0.433. The van der Waals surface area contributed by atoms with Crippen molar-refractivity contribution >= 4 is 23.7 Å². The molecule has 1 aliphatic carbocycles. The van der Waals surface area contributed by atoms with Crippen molar-refractivity contribution < 1.29 is 23.9 Å². The van der Waals surface area contributed by atoms with E-state index < -0.39 is 35.8 Å². The van der Waals surface area contributed by atoms with Crippen molar-refractivity contribution in [3.05, 3.63) is 47.0 Å². The Kier molecular flexibility index (Phi) is 6.46. The van der Waals surface area contributed by atoms with E-state index in [1.165, 1.54) is 32.3 Å². The maximum absolute atomic E-state index is 12.5. The lowest BCUT2D eigenvalue weighted by molar-refractivity contribution is -0.158. The average Bonchev–Trinajstić information content (AvgIpc) is 2.98. The molecule has 0 saturated heterocycles. The van der Waals surface area contributed by atoms with Gasteiger partial charge in [0, 0.05) is 6.54 Å². The van der Waals surface area contributed by atoms with Crippen LogP contribution in [0.5, 0.6) is 0 Å². The van der Waals surface area contributed by atoms with Crippen LogP contribution in [0.3, 0.4) is 0 Å². The first-order valence-electron chi connectivity index (χ1n) is 10.0. The van der Waals surface area contributed by atoms with E-state index >= 15 is 0 Å². The van der Waals surface area contributed by atoms with Crippen LogP contribution in [0.1, 0.15) is 66.7 Å². The van der Waals surface area contributed by atoms with Gasteiger partial charge in [-0.2, -0.15) is 0 Å². The molecule has 2 atom stereocenters. The highest BCUT2D eigenvalue weighted by Gasteiger charge is 2.41. The molecule has 1 aromatic carbocycles. The first-order valence-corrected chi connectivity index (χ1v) is 10.0. The van der Waals surface area contributed by atoms with Crippen LogP contribution in [0, 0.1) is 0 Å². The molecule has 154 valence electrons. The molecule has 1 aromatic rings. The summed E-state index contributed by atoms with van der Waals surface area (Å²) in [7, 11) is 0. The molecule has 0 bridgehead atoms. The summed E-state index contributed by atoms with van der Waals surface area (Å²) in [5, 5.41) is 2.77. The summed E-state index contributed by atoms with van der Waals surface area (Å²) in [6, 6.07) is 5.29. The van der Waals surface area contributed by atoms with Gasteiger partial charge in [0.05, 0.1) is 11.1 Å². The van der Waals surface area contributed by atoms with E-state index in [2.05, 4.69) is 11.4 Å². The number of carbonyl (C=O) groups is 4. The second-order valence-electron chi connectivity index (χ2n) is 7.43. The number of imide groups is 1. The van der Waals surface area contributed by atoms with Crippen LogP contribution in [-0.2, 0) is 14.3 Å². The van der Waals surface area contributed by atoms with Crippen molar-refractivity contribution in [1.29, 1.82) is 0 Å². The van der Waals surface area contributed by atoms with Gasteiger partial charge in [0.1, 0.15) is 6.04 Å². The Bertz CT molecular complexity index is 826. The average molecular weight is 398 g/mol. The largest absolute Gasteiger partial charge is 0.451 e. The summed E-state index contributed by atoms with van der Waals surface area (Å²) in [6.07, 6.45) is 6.56. The van der Waals surface area contributed by atoms with Gasteiger partial charge < -0.3 is 10.1 Å². The fourth-order valence-electron chi connectivity index (χ4n) is 3.61. The Balaban J connectivity index is 1.51. The van der Waals surface area contributed by atoms with Crippen LogP contribution >= 0.6 is 0 Å². The highest BCUT2D eigenvalue weighted by molar-refractivity contribution is 6.22. The molecule has 3 amide bonds. The Hall–Kier alpha value is -2.96. The van der Waals surface area contributed by atoms with Gasteiger partial charge in [0.15, 0.2) is 6.10 Å². The zero-order valence-corrected chi connectivity index (χ0v) is 16.8. The molecule has 7 nitrogen and oxygen atoms in total. The molecule has 2 aliphatic rings. The summed E-state index contributed by atoms with van der Waals surface area (Å²) in [6.45, 7) is 3.38. The molecule has 0 aromatic heterocycles. The zero-order valence-electron chi connectivity index (χ0n) is 16.8. The summed E-state index contributed by atoms with van der Waals surface area (Å²) in [5.74, 6) is -2.26. The van der Waals surface area contributed by atoms with E-state index in [1.807, 2.05) is 0 Å². The number of esters is 1. The Morgan fingerprint density at radius 3 is 2.34 bits per heavy atom. The first kappa shape index (κ1) is 20.8. The molecule has 1 N–H and O–H groups in total. The topological polar surface area (TPSA) is 92.8 Å². The number of benzene rings is 1. The third kappa shape index (κ3) is 4.55. The van der Waals surface area contributed by atoms with Gasteiger partial charge in [0.25, 0.3) is 17.7 Å². The fourth-order valence-corrected chi connectivity index (χ4v) is 3.61. The summed E-state index contributed by atoms with van der Waals surface area (Å²) in [5.41, 5.74) is 1.88. The van der Waals surface area contributed by atoms with Crippen molar-refractivity contribution in [2.24, 2.45) is 0 Å². The fraction of sp³-hybridized carbons (Fsp3) is 0.455. The van der Waals surface area contributed by atoms with Crippen LogP contribution in [0.15, 0.2) is 35.9 Å². The van der Waals surface area contributed by atoms with E-state index in [4.69, 9.17) is 4.74 Å². The number of fused-ring (bicyclic) bond motifs is 1. The normalized spacial score (nSPS) is 18.0. The van der Waals surface area contributed by atoms with Gasteiger partial charge >= 0.3 is 5.97 Å². The van der Waals surface area contributed by atoms with E-state index in [0.717, 1.165) is 24.2 Å². The highest BCUT2D eigenvalue weighted by atomic mass is 16.5. The lowest BCUT2D eigenvalue weighted by Gasteiger charge is -2.23. The van der Waals surface area contributed by atoms with Gasteiger partial charge in [-0.3, -0.25) is 19.3 Å². The minimum Gasteiger partial charge on any atom is -0.451 e. The summed E-state index contributed by atoms with van der Waals surface area (Å²) in [4.78, 5) is 50.5. The molecule has 0 unspecified atom stereocenters. The number of nitrogens with zero attached hydrogens (tertiary/aromatic N) is 1. The number of rotatable bonds is 7. The minimum atomic E-state index is -1.12. The van der Waals surface area contributed by atoms with Crippen molar-refractivity contribution in [3.63, 3.8) is 0 Å². The number of ether oxygens (including phenoxy) is 1. The number of allylic oxidation sites excluding steroid dienone is 1. The standard InChI is InChI=1S/C22H26N2O5/c1-14(24-20(26)17-10-6-7-11-18(17)21(24)27)22(28)29-15(2)19(25)23-13-12-16-8-4-3-5-9-16/h6-8,10-11,14-15H,3-5,9,12-13H2,1-2H3,(H,23,25)/t14-,15+/m1/s1. The molecule has 3 rings (SSSR count). The number of amides is 3. The molecule has 7 heteroatoms. The molecule has 0 radical (unpaired) electrons. The molecular formula is C22H26N2O5. The van der Waals surface area contributed by atoms with E-state index in [0.29, 0.717) is 6.54 Å². The SMILES string of the molecule is C[C@H](OC(=O)[C@@H](C)N1C(=O)c2ccccc2C1=O)C(=O)NCCC1=CCCCC1. The lowest BCUT2D eigenvalue weighted by atomic mass is 9.97. The van der Waals surface area contributed by atoms with Crippen molar-refractivity contribution in [2.75, 3.05) is 6.54 Å². The second-order valence-corrected chi connectivity index (χ2v) is 7.43. The first-order chi connectivity index (χ1) is 13.9. The predicted octanol–water partition coefficient (Wildman–Crippen LogP) is 2.61. The maximum atomic E-state index is 12.5. The predicted molar refractivity (Wildman–Crippen MR) is 106 cm³/mol. The van der Waals surface area contributed by atoms with Crippen molar-refractivity contribution in [2.45, 2.75) is 58.1 Å². The lowest BCUT2D eigenvalue weighted by Crippen LogP contribution is -2.46. The minimum absolute atomic E-state index is 0.264. The second kappa shape index (κ2) is 9.03. The third-order valence-corrected chi connectivity index (χ3v) is 5.35. The van der Waals surface area contributed by atoms with Gasteiger partial charge in [-0.15, -0.1) is 0 Å². The Morgan fingerprint density at radius 1 is 1.10 bits per heavy atom. The van der Waals surface area contributed by atoms with Crippen LogP contribution in [0.2, 0.25) is 0 Å². The highest BCUT2D eigenvalue weighted by Crippen LogP contribution is 2.25. The van der Waals surface area contributed by atoms with Crippen molar-refractivity contribution in [3.8, 4) is 0 Å². The number of nitrogens with one attached hydrogen (secondary N) is 1. The summed E-state index contributed by atoms with van der Waals surface area (Å²) < 4.78 is 5.21. The van der Waals surface area contributed by atoms with Crippen LogP contribution in [0.25, 0.3) is 0 Å². The van der Waals surface area contributed by atoms with Gasteiger partial charge in [0.2, 0.25) is 0 Å². The van der Waals surface area contributed by atoms with Gasteiger partial charge in [-0.05, 0) is 58.1 Å². The van der Waals surface area contributed by atoms with E-state index in [9.17, 15) is 19.2 Å². The summed E-state index contributed by atoms with van der Waals surface area (Å²) >= 11 is 0. The molecule has 0 fully saturated rings. The van der Waals surface area contributed by atoms with Gasteiger partial charge in [-0.1, -0.05) is 23.8 Å². The monoisotopic (exact) mass is 398 g/mol. The molecular weight excluding hydrogens is 372 g/mol. The van der Waals surface area contributed by atoms with Crippen LogP contribution < -0.4 is 5.32 Å². The molecule has 0 spiro atoms. The molecule has 29 heavy (non-hydrogen) atoms. The van der Waals surface area contributed by atoms with Crippen LogP contribution in [-0.4, -0.2) is 47.3 Å². The Labute approximate surface area is 170 Å². The molecule has 1 heterocycles. The number of hydrogen-bond acceptors (Lipinski definition) is 5. The smallest absolute Gasteiger partial charge is 0.329 e. The van der Waals surface area contributed by atoms with Crippen LogP contribution in [0.4, 0.5) is 0 Å². The number of carbonyl (C=O) groups excluding carboxylic acids is 4. The van der Waals surface area contributed by atoms with Gasteiger partial charge in [-0.25, -0.2) is 4.79 Å².